The monoisotopic (exact) mass is 355 g/mol. The Morgan fingerprint density at radius 2 is 1.08 bits per heavy atom. The molecule has 0 bridgehead atoms. The van der Waals surface area contributed by atoms with Crippen LogP contribution in [-0.2, 0) is 10.9 Å². The van der Waals surface area contributed by atoms with Crippen LogP contribution in [0.5, 0.6) is 11.5 Å². The highest BCUT2D eigenvalue weighted by molar-refractivity contribution is 7.97. The largest absolute Gasteiger partial charge is 0.447 e. The first kappa shape index (κ1) is 16.5. The highest BCUT2D eigenvalue weighted by Crippen LogP contribution is 2.47. The Morgan fingerprint density at radius 3 is 1.54 bits per heavy atom. The Hall–Kier alpha value is -2.97. The van der Waals surface area contributed by atoms with E-state index in [1.54, 1.807) is 0 Å². The van der Waals surface area contributed by atoms with E-state index in [9.17, 15) is 0 Å². The number of benzene rings is 3. The molecule has 0 saturated carbocycles. The van der Waals surface area contributed by atoms with Crippen LogP contribution >= 0.6 is 0 Å². The smallest absolute Gasteiger partial charge is 0.209 e. The van der Waals surface area contributed by atoms with E-state index in [0.717, 1.165) is 28.2 Å². The van der Waals surface area contributed by atoms with Crippen LogP contribution in [-0.4, -0.2) is 0 Å². The van der Waals surface area contributed by atoms with Crippen LogP contribution in [0, 0.1) is 0 Å². The van der Waals surface area contributed by atoms with Crippen LogP contribution in [0.4, 0.5) is 0 Å². The summed E-state index contributed by atoms with van der Waals surface area (Å²) < 4.78 is 6.25. The topological polar surface area (TPSA) is 9.23 Å². The summed E-state index contributed by atoms with van der Waals surface area (Å²) in [4.78, 5) is 3.65. The Kier molecular flexibility index (Phi) is 4.27. The van der Waals surface area contributed by atoms with Crippen molar-refractivity contribution in [2.75, 3.05) is 0 Å². The third-order valence-electron chi connectivity index (χ3n) is 4.42. The third-order valence-corrected chi connectivity index (χ3v) is 6.72. The summed E-state index contributed by atoms with van der Waals surface area (Å²) in [6.07, 6.45) is 5.55. The number of fused-ring (bicyclic) bond motifs is 2. The highest BCUT2D eigenvalue weighted by atomic mass is 32.2. The molecule has 0 amide bonds. The zero-order valence-corrected chi connectivity index (χ0v) is 15.3. The molecule has 1 heterocycles. The van der Waals surface area contributed by atoms with Gasteiger partial charge in [0.1, 0.15) is 10.9 Å². The molecule has 4 rings (SSSR count). The zero-order chi connectivity index (χ0) is 18.1. The summed E-state index contributed by atoms with van der Waals surface area (Å²) in [6.45, 7) is 11.6. The van der Waals surface area contributed by atoms with Crippen molar-refractivity contribution < 1.29 is 4.74 Å². The normalized spacial score (nSPS) is 12.5. The lowest BCUT2D eigenvalue weighted by atomic mass is 10.2. The van der Waals surface area contributed by atoms with Gasteiger partial charge in [0, 0.05) is 0 Å². The molecule has 26 heavy (non-hydrogen) atoms. The van der Waals surface area contributed by atoms with Crippen LogP contribution in [0.25, 0.3) is 18.2 Å². The summed E-state index contributed by atoms with van der Waals surface area (Å²) in [6, 6.07) is 21.2. The second-order valence-electron chi connectivity index (χ2n) is 6.00. The van der Waals surface area contributed by atoms with Crippen molar-refractivity contribution in [3.8, 4) is 11.5 Å². The first-order chi connectivity index (χ1) is 12.7. The molecule has 126 valence electrons. The highest BCUT2D eigenvalue weighted by Gasteiger charge is 2.39. The minimum atomic E-state index is -0.217. The Bertz CT molecular complexity index is 957. The van der Waals surface area contributed by atoms with Crippen molar-refractivity contribution in [3.05, 3.63) is 97.1 Å². The van der Waals surface area contributed by atoms with Gasteiger partial charge in [0.15, 0.2) is 16.4 Å². The molecule has 1 aliphatic rings. The second kappa shape index (κ2) is 6.74. The maximum absolute atomic E-state index is 6.25. The predicted molar refractivity (Wildman–Crippen MR) is 112 cm³/mol. The van der Waals surface area contributed by atoms with Crippen molar-refractivity contribution >= 4 is 29.1 Å². The standard InChI is InChI=1S/C24H19OS/c1-4-17-7-11-20(12-8-17)26-23-13-9-18(5-2)15-21(23)25-22-16-19(6-3)10-14-24(22)26/h4-16H,1-3H2/q+1. The number of hydrogen-bond donors (Lipinski definition) is 0. The Balaban J connectivity index is 1.92. The van der Waals surface area contributed by atoms with Gasteiger partial charge in [-0.2, -0.15) is 0 Å². The fourth-order valence-corrected chi connectivity index (χ4v) is 5.20. The fourth-order valence-electron chi connectivity index (χ4n) is 3.03. The van der Waals surface area contributed by atoms with E-state index in [-0.39, 0.29) is 10.9 Å². The molecule has 0 radical (unpaired) electrons. The van der Waals surface area contributed by atoms with Gasteiger partial charge in [0.05, 0.1) is 0 Å². The molecular weight excluding hydrogens is 336 g/mol. The zero-order valence-electron chi connectivity index (χ0n) is 14.4. The lowest BCUT2D eigenvalue weighted by Gasteiger charge is -2.20. The minimum absolute atomic E-state index is 0.217. The average Bonchev–Trinajstić information content (AvgIpc) is 2.71. The maximum atomic E-state index is 6.25. The van der Waals surface area contributed by atoms with Gasteiger partial charge in [-0.3, -0.25) is 0 Å². The second-order valence-corrected chi connectivity index (χ2v) is 7.97. The first-order valence-electron chi connectivity index (χ1n) is 8.41. The van der Waals surface area contributed by atoms with Gasteiger partial charge in [0.25, 0.3) is 0 Å². The average molecular weight is 355 g/mol. The van der Waals surface area contributed by atoms with Gasteiger partial charge in [-0.05, 0) is 77.4 Å². The molecule has 0 unspecified atom stereocenters. The summed E-state index contributed by atoms with van der Waals surface area (Å²) in [5, 5.41) is 0. The predicted octanol–water partition coefficient (Wildman–Crippen LogP) is 6.82. The third kappa shape index (κ3) is 2.79. The number of ether oxygens (including phenoxy) is 1. The van der Waals surface area contributed by atoms with Gasteiger partial charge in [-0.25, -0.2) is 0 Å². The van der Waals surface area contributed by atoms with E-state index in [0.29, 0.717) is 0 Å². The molecule has 3 aromatic rings. The van der Waals surface area contributed by atoms with Crippen LogP contribution in [0.1, 0.15) is 16.7 Å². The molecule has 2 heteroatoms. The van der Waals surface area contributed by atoms with E-state index < -0.39 is 0 Å². The van der Waals surface area contributed by atoms with E-state index in [1.807, 2.05) is 18.2 Å². The van der Waals surface area contributed by atoms with Gasteiger partial charge in [0.2, 0.25) is 9.79 Å². The van der Waals surface area contributed by atoms with E-state index >= 15 is 0 Å². The van der Waals surface area contributed by atoms with Crippen LogP contribution in [0.2, 0.25) is 0 Å². The maximum Gasteiger partial charge on any atom is 0.209 e. The minimum Gasteiger partial charge on any atom is -0.447 e. The lowest BCUT2D eigenvalue weighted by Crippen LogP contribution is -2.12. The summed E-state index contributed by atoms with van der Waals surface area (Å²) >= 11 is 0. The molecular formula is C24H19OS+. The lowest BCUT2D eigenvalue weighted by molar-refractivity contribution is 0.452. The van der Waals surface area contributed by atoms with Gasteiger partial charge in [-0.15, -0.1) is 0 Å². The molecule has 0 aliphatic carbocycles. The molecule has 0 saturated heterocycles. The molecule has 3 aromatic carbocycles. The van der Waals surface area contributed by atoms with Gasteiger partial charge >= 0.3 is 0 Å². The quantitative estimate of drug-likeness (QED) is 0.365. The van der Waals surface area contributed by atoms with Gasteiger partial charge < -0.3 is 4.74 Å². The SMILES string of the molecule is C=Cc1ccc([S+]2c3ccc(C=C)cc3Oc3cc(C=C)ccc32)cc1. The molecule has 0 aromatic heterocycles. The van der Waals surface area contributed by atoms with Crippen LogP contribution < -0.4 is 4.74 Å². The van der Waals surface area contributed by atoms with Crippen molar-refractivity contribution in [3.63, 3.8) is 0 Å². The molecule has 0 spiro atoms. The van der Waals surface area contributed by atoms with Crippen molar-refractivity contribution in [2.45, 2.75) is 14.7 Å². The van der Waals surface area contributed by atoms with E-state index in [4.69, 9.17) is 4.74 Å². The molecule has 1 nitrogen and oxygen atoms in total. The van der Waals surface area contributed by atoms with Crippen molar-refractivity contribution in [1.29, 1.82) is 0 Å². The number of rotatable bonds is 4. The molecule has 0 N–H and O–H groups in total. The summed E-state index contributed by atoms with van der Waals surface area (Å²) in [7, 11) is -0.217. The molecule has 0 atom stereocenters. The molecule has 0 fully saturated rings. The van der Waals surface area contributed by atoms with Crippen LogP contribution in [0.15, 0.2) is 95.1 Å². The summed E-state index contributed by atoms with van der Waals surface area (Å²) in [5.74, 6) is 1.79. The molecule has 1 aliphatic heterocycles. The number of hydrogen-bond acceptors (Lipinski definition) is 1. The van der Waals surface area contributed by atoms with Crippen molar-refractivity contribution in [2.24, 2.45) is 0 Å². The van der Waals surface area contributed by atoms with Gasteiger partial charge in [-0.1, -0.05) is 38.0 Å². The Labute approximate surface area is 157 Å². The fraction of sp³-hybridized carbons (Fsp3) is 0. The van der Waals surface area contributed by atoms with Crippen LogP contribution in [0.3, 0.4) is 0 Å². The van der Waals surface area contributed by atoms with E-state index in [1.165, 1.54) is 14.7 Å². The first-order valence-corrected chi connectivity index (χ1v) is 9.63. The van der Waals surface area contributed by atoms with Crippen molar-refractivity contribution in [1.82, 2.24) is 0 Å². The summed E-state index contributed by atoms with van der Waals surface area (Å²) in [5.41, 5.74) is 3.23. The Morgan fingerprint density at radius 1 is 0.615 bits per heavy atom. The van der Waals surface area contributed by atoms with E-state index in [2.05, 4.69) is 80.4 Å².